The number of nitrogens with zero attached hydrogens (tertiary/aromatic N) is 2. The molecule has 1 aromatic carbocycles. The zero-order chi connectivity index (χ0) is 18.8. The third-order valence-corrected chi connectivity index (χ3v) is 4.92. The van der Waals surface area contributed by atoms with Gasteiger partial charge in [0.1, 0.15) is 30.3 Å². The fraction of sp³-hybridized carbons (Fsp3) is 0.389. The first-order valence-corrected chi connectivity index (χ1v) is 8.85. The Bertz CT molecular complexity index is 854. The lowest BCUT2D eigenvalue weighted by Crippen LogP contribution is -2.16. The number of hydrogen-bond donors (Lipinski definition) is 4. The Morgan fingerprint density at radius 2 is 2.23 bits per heavy atom. The van der Waals surface area contributed by atoms with E-state index in [2.05, 4.69) is 20.6 Å². The number of benzene rings is 1. The first-order valence-electron chi connectivity index (χ1n) is 8.48. The highest BCUT2D eigenvalue weighted by Gasteiger charge is 2.23. The molecule has 0 saturated heterocycles. The summed E-state index contributed by atoms with van der Waals surface area (Å²) < 4.78 is 6.01. The van der Waals surface area contributed by atoms with E-state index in [1.165, 1.54) is 6.33 Å². The average molecular weight is 375 g/mol. The Kier molecular flexibility index (Phi) is 5.29. The van der Waals surface area contributed by atoms with Gasteiger partial charge < -0.3 is 26.5 Å². The predicted molar refractivity (Wildman–Crippen MR) is 104 cm³/mol. The van der Waals surface area contributed by atoms with Crippen molar-refractivity contribution in [1.82, 2.24) is 15.3 Å². The lowest BCUT2D eigenvalue weighted by molar-refractivity contribution is 0.321. The second-order valence-corrected chi connectivity index (χ2v) is 6.79. The van der Waals surface area contributed by atoms with Gasteiger partial charge in [0.15, 0.2) is 0 Å². The largest absolute Gasteiger partial charge is 0.492 e. The molecule has 1 aliphatic heterocycles. The Balaban J connectivity index is 2.02. The average Bonchev–Trinajstić information content (AvgIpc) is 2.84. The van der Waals surface area contributed by atoms with E-state index < -0.39 is 0 Å². The van der Waals surface area contributed by atoms with Crippen LogP contribution in [0.1, 0.15) is 42.1 Å². The molecule has 1 atom stereocenters. The molecule has 3 rings (SSSR count). The number of ether oxygens (including phenoxy) is 1. The van der Waals surface area contributed by atoms with E-state index in [1.54, 1.807) is 6.92 Å². The molecule has 1 unspecified atom stereocenters. The number of rotatable bonds is 4. The summed E-state index contributed by atoms with van der Waals surface area (Å²) in [6.07, 6.45) is 1.39. The predicted octanol–water partition coefficient (Wildman–Crippen LogP) is 3.06. The van der Waals surface area contributed by atoms with Gasteiger partial charge in [0.25, 0.3) is 0 Å². The van der Waals surface area contributed by atoms with E-state index in [-0.39, 0.29) is 11.9 Å². The SMILES string of the molecule is CC(=N)c1c(N)ncnc1NC(C)c1cc(Cl)c(C)c2c1OCCNC2. The normalized spacial score (nSPS) is 14.8. The quantitative estimate of drug-likeness (QED) is 0.612. The maximum Gasteiger partial charge on any atom is 0.141 e. The summed E-state index contributed by atoms with van der Waals surface area (Å²) in [4.78, 5) is 8.25. The number of nitrogens with one attached hydrogen (secondary N) is 3. The molecule has 7 nitrogen and oxygen atoms in total. The molecule has 0 saturated carbocycles. The summed E-state index contributed by atoms with van der Waals surface area (Å²) in [6, 6.07) is 1.78. The van der Waals surface area contributed by atoms with Crippen LogP contribution in [-0.2, 0) is 6.54 Å². The molecule has 0 spiro atoms. The van der Waals surface area contributed by atoms with Crippen LogP contribution >= 0.6 is 11.6 Å². The number of nitrogens with two attached hydrogens (primary N) is 1. The van der Waals surface area contributed by atoms with Crippen molar-refractivity contribution in [3.63, 3.8) is 0 Å². The Labute approximate surface area is 157 Å². The van der Waals surface area contributed by atoms with E-state index in [0.717, 1.165) is 29.0 Å². The fourth-order valence-electron chi connectivity index (χ4n) is 3.10. The lowest BCUT2D eigenvalue weighted by atomic mass is 9.98. The third kappa shape index (κ3) is 3.45. The summed E-state index contributed by atoms with van der Waals surface area (Å²) >= 11 is 6.47. The van der Waals surface area contributed by atoms with Crippen LogP contribution < -0.4 is 21.1 Å². The van der Waals surface area contributed by atoms with Crippen LogP contribution in [0.3, 0.4) is 0 Å². The van der Waals surface area contributed by atoms with E-state index in [1.807, 2.05) is 19.9 Å². The van der Waals surface area contributed by atoms with Crippen LogP contribution in [0.15, 0.2) is 12.4 Å². The van der Waals surface area contributed by atoms with E-state index >= 15 is 0 Å². The van der Waals surface area contributed by atoms with Crippen molar-refractivity contribution in [3.8, 4) is 5.75 Å². The molecule has 8 heteroatoms. The first-order chi connectivity index (χ1) is 12.4. The zero-order valence-electron chi connectivity index (χ0n) is 15.1. The molecule has 1 aromatic heterocycles. The number of fused-ring (bicyclic) bond motifs is 1. The topological polar surface area (TPSA) is 109 Å². The molecule has 0 aliphatic carbocycles. The van der Waals surface area contributed by atoms with Crippen LogP contribution in [0.5, 0.6) is 5.75 Å². The van der Waals surface area contributed by atoms with Crippen molar-refractivity contribution in [2.75, 3.05) is 24.2 Å². The fourth-order valence-corrected chi connectivity index (χ4v) is 3.34. The number of hydrogen-bond acceptors (Lipinski definition) is 7. The van der Waals surface area contributed by atoms with Gasteiger partial charge in [-0.1, -0.05) is 11.6 Å². The highest BCUT2D eigenvalue weighted by atomic mass is 35.5. The second-order valence-electron chi connectivity index (χ2n) is 6.38. The molecule has 0 amide bonds. The molecule has 1 aliphatic rings. The third-order valence-electron chi connectivity index (χ3n) is 4.53. The van der Waals surface area contributed by atoms with Gasteiger partial charge in [-0.3, -0.25) is 0 Å². The van der Waals surface area contributed by atoms with Crippen molar-refractivity contribution < 1.29 is 4.74 Å². The van der Waals surface area contributed by atoms with Gasteiger partial charge in [-0.25, -0.2) is 9.97 Å². The standard InChI is InChI=1S/C18H23ClN6O/c1-9-13-7-22-4-5-26-16(13)12(6-14(9)19)11(3)25-18-15(10(2)20)17(21)23-8-24-18/h6,8,11,20,22H,4-5,7H2,1-3H3,(H3,21,23,24,25). The maximum atomic E-state index is 7.95. The Hall–Kier alpha value is -2.38. The van der Waals surface area contributed by atoms with Crippen molar-refractivity contribution in [2.45, 2.75) is 33.4 Å². The van der Waals surface area contributed by atoms with Gasteiger partial charge in [-0.2, -0.15) is 0 Å². The monoisotopic (exact) mass is 374 g/mol. The van der Waals surface area contributed by atoms with Gasteiger partial charge in [-0.05, 0) is 32.4 Å². The molecule has 0 bridgehead atoms. The molecule has 138 valence electrons. The van der Waals surface area contributed by atoms with E-state index in [0.29, 0.717) is 35.3 Å². The van der Waals surface area contributed by atoms with Crippen LogP contribution in [0, 0.1) is 12.3 Å². The molecule has 2 heterocycles. The maximum absolute atomic E-state index is 7.95. The van der Waals surface area contributed by atoms with Crippen LogP contribution in [-0.4, -0.2) is 28.8 Å². The van der Waals surface area contributed by atoms with Crippen molar-refractivity contribution in [3.05, 3.63) is 39.7 Å². The lowest BCUT2D eigenvalue weighted by Gasteiger charge is -2.23. The molecule has 26 heavy (non-hydrogen) atoms. The van der Waals surface area contributed by atoms with Crippen molar-refractivity contribution in [2.24, 2.45) is 0 Å². The molecule has 5 N–H and O–H groups in total. The summed E-state index contributed by atoms with van der Waals surface area (Å²) in [5.74, 6) is 1.66. The zero-order valence-corrected chi connectivity index (χ0v) is 15.9. The van der Waals surface area contributed by atoms with Gasteiger partial charge in [0, 0.05) is 35.0 Å². The van der Waals surface area contributed by atoms with Crippen molar-refractivity contribution in [1.29, 1.82) is 5.41 Å². The molecule has 0 fully saturated rings. The summed E-state index contributed by atoms with van der Waals surface area (Å²) in [5, 5.41) is 15.3. The number of aromatic nitrogens is 2. The van der Waals surface area contributed by atoms with E-state index in [9.17, 15) is 0 Å². The smallest absolute Gasteiger partial charge is 0.141 e. The summed E-state index contributed by atoms with van der Waals surface area (Å²) in [5.41, 5.74) is 9.78. The summed E-state index contributed by atoms with van der Waals surface area (Å²) in [6.45, 7) is 7.76. The molecular weight excluding hydrogens is 352 g/mol. The van der Waals surface area contributed by atoms with Crippen LogP contribution in [0.4, 0.5) is 11.6 Å². The van der Waals surface area contributed by atoms with Crippen LogP contribution in [0.2, 0.25) is 5.02 Å². The highest BCUT2D eigenvalue weighted by molar-refractivity contribution is 6.31. The van der Waals surface area contributed by atoms with Gasteiger partial charge in [0.2, 0.25) is 0 Å². The molecule has 0 radical (unpaired) electrons. The summed E-state index contributed by atoms with van der Waals surface area (Å²) in [7, 11) is 0. The number of nitrogen functional groups attached to an aromatic ring is 1. The van der Waals surface area contributed by atoms with Gasteiger partial charge in [0.05, 0.1) is 11.6 Å². The van der Waals surface area contributed by atoms with Gasteiger partial charge >= 0.3 is 0 Å². The number of halogens is 1. The minimum Gasteiger partial charge on any atom is -0.492 e. The first kappa shape index (κ1) is 18.4. The van der Waals surface area contributed by atoms with Crippen LogP contribution in [0.25, 0.3) is 0 Å². The van der Waals surface area contributed by atoms with Crippen molar-refractivity contribution >= 4 is 28.9 Å². The molecular formula is C18H23ClN6O. The van der Waals surface area contributed by atoms with E-state index in [4.69, 9.17) is 27.5 Å². The Morgan fingerprint density at radius 1 is 1.46 bits per heavy atom. The minimum absolute atomic E-state index is 0.146. The Morgan fingerprint density at radius 3 is 2.96 bits per heavy atom. The second kappa shape index (κ2) is 7.47. The number of anilines is 2. The molecule has 2 aromatic rings. The van der Waals surface area contributed by atoms with Gasteiger partial charge in [-0.15, -0.1) is 0 Å². The minimum atomic E-state index is -0.146. The highest BCUT2D eigenvalue weighted by Crippen LogP contribution is 2.38.